The summed E-state index contributed by atoms with van der Waals surface area (Å²) in [5.41, 5.74) is 3.52. The maximum atomic E-state index is 14.0. The Balaban J connectivity index is 2.42. The number of hydrogen-bond acceptors (Lipinski definition) is 2. The maximum absolute atomic E-state index is 14.0. The van der Waals surface area contributed by atoms with E-state index >= 15 is 0 Å². The van der Waals surface area contributed by atoms with Crippen molar-refractivity contribution in [1.29, 1.82) is 0 Å². The predicted octanol–water partition coefficient (Wildman–Crippen LogP) is 4.68. The number of ether oxygens (including phenoxy) is 1. The SMILES string of the molecule is Cc1cc(C)c(C)c(Oc2nccc(CCl)c2F)c1. The summed E-state index contributed by atoms with van der Waals surface area (Å²) in [4.78, 5) is 3.93. The number of hydrogen-bond donors (Lipinski definition) is 0. The van der Waals surface area contributed by atoms with Gasteiger partial charge in [0.1, 0.15) is 5.75 Å². The van der Waals surface area contributed by atoms with Crippen molar-refractivity contribution in [3.63, 3.8) is 0 Å². The number of benzene rings is 1. The molecule has 0 atom stereocenters. The number of aryl methyl sites for hydroxylation is 2. The average molecular weight is 280 g/mol. The third-order valence-corrected chi connectivity index (χ3v) is 3.34. The lowest BCUT2D eigenvalue weighted by Crippen LogP contribution is -1.98. The van der Waals surface area contributed by atoms with Crippen LogP contribution in [0, 0.1) is 26.6 Å². The summed E-state index contributed by atoms with van der Waals surface area (Å²) >= 11 is 5.67. The Kier molecular flexibility index (Phi) is 4.05. The van der Waals surface area contributed by atoms with Crippen LogP contribution in [0.1, 0.15) is 22.3 Å². The van der Waals surface area contributed by atoms with Crippen LogP contribution in [0.15, 0.2) is 24.4 Å². The minimum absolute atomic E-state index is 0.0359. The van der Waals surface area contributed by atoms with Gasteiger partial charge in [0.05, 0.1) is 5.88 Å². The molecule has 1 aromatic heterocycles. The molecule has 0 bridgehead atoms. The van der Waals surface area contributed by atoms with Crippen LogP contribution in [0.4, 0.5) is 4.39 Å². The van der Waals surface area contributed by atoms with E-state index in [1.54, 1.807) is 6.07 Å². The number of pyridine rings is 1. The normalized spacial score (nSPS) is 10.6. The Morgan fingerprint density at radius 3 is 2.68 bits per heavy atom. The first-order valence-electron chi connectivity index (χ1n) is 5.98. The van der Waals surface area contributed by atoms with Crippen molar-refractivity contribution in [2.45, 2.75) is 26.7 Å². The lowest BCUT2D eigenvalue weighted by Gasteiger charge is -2.12. The third kappa shape index (κ3) is 2.87. The van der Waals surface area contributed by atoms with Crippen molar-refractivity contribution < 1.29 is 9.13 Å². The van der Waals surface area contributed by atoms with Gasteiger partial charge in [-0.3, -0.25) is 0 Å². The van der Waals surface area contributed by atoms with Gasteiger partial charge in [0.2, 0.25) is 0 Å². The van der Waals surface area contributed by atoms with E-state index < -0.39 is 5.82 Å². The van der Waals surface area contributed by atoms with Gasteiger partial charge >= 0.3 is 0 Å². The van der Waals surface area contributed by atoms with E-state index in [0.717, 1.165) is 16.7 Å². The van der Waals surface area contributed by atoms with Crippen molar-refractivity contribution in [2.24, 2.45) is 0 Å². The summed E-state index contributed by atoms with van der Waals surface area (Å²) in [6.07, 6.45) is 1.49. The topological polar surface area (TPSA) is 22.1 Å². The molecule has 2 nitrogen and oxygen atoms in total. The van der Waals surface area contributed by atoms with Crippen LogP contribution in [0.3, 0.4) is 0 Å². The highest BCUT2D eigenvalue weighted by Crippen LogP contribution is 2.29. The highest BCUT2D eigenvalue weighted by molar-refractivity contribution is 6.17. The second kappa shape index (κ2) is 5.57. The fourth-order valence-electron chi connectivity index (χ4n) is 1.85. The summed E-state index contributed by atoms with van der Waals surface area (Å²) in [7, 11) is 0. The van der Waals surface area contributed by atoms with Crippen molar-refractivity contribution in [2.75, 3.05) is 0 Å². The quantitative estimate of drug-likeness (QED) is 0.761. The Morgan fingerprint density at radius 1 is 1.26 bits per heavy atom. The zero-order chi connectivity index (χ0) is 14.0. The molecule has 4 heteroatoms. The molecule has 0 aliphatic rings. The van der Waals surface area contributed by atoms with Crippen molar-refractivity contribution in [1.82, 2.24) is 4.98 Å². The van der Waals surface area contributed by atoms with Crippen molar-refractivity contribution in [3.05, 3.63) is 52.5 Å². The smallest absolute Gasteiger partial charge is 0.256 e. The minimum atomic E-state index is -0.504. The summed E-state index contributed by atoms with van der Waals surface area (Å²) < 4.78 is 19.6. The Bertz CT molecular complexity index is 613. The fourth-order valence-corrected chi connectivity index (χ4v) is 2.05. The summed E-state index contributed by atoms with van der Waals surface area (Å²) in [5.74, 6) is 0.175. The number of halogens is 2. The number of rotatable bonds is 3. The molecule has 0 spiro atoms. The van der Waals surface area contributed by atoms with Crippen molar-refractivity contribution in [3.8, 4) is 11.6 Å². The monoisotopic (exact) mass is 279 g/mol. The summed E-state index contributed by atoms with van der Waals surface area (Å²) in [5, 5.41) is 0. The van der Waals surface area contributed by atoms with E-state index in [2.05, 4.69) is 11.1 Å². The molecular formula is C15H15ClFNO. The highest BCUT2D eigenvalue weighted by atomic mass is 35.5. The standard InChI is InChI=1S/C15H15ClFNO/c1-9-6-10(2)11(3)13(7-9)19-15-14(17)12(8-16)4-5-18-15/h4-7H,8H2,1-3H3. The largest absolute Gasteiger partial charge is 0.436 e. The molecular weight excluding hydrogens is 265 g/mol. The molecule has 0 radical (unpaired) electrons. The molecule has 0 N–H and O–H groups in total. The average Bonchev–Trinajstić information content (AvgIpc) is 2.37. The molecule has 1 aromatic carbocycles. The molecule has 0 saturated heterocycles. The van der Waals surface area contributed by atoms with E-state index in [-0.39, 0.29) is 11.8 Å². The van der Waals surface area contributed by atoms with Gasteiger partial charge in [-0.05, 0) is 49.6 Å². The molecule has 0 amide bonds. The summed E-state index contributed by atoms with van der Waals surface area (Å²) in [6.45, 7) is 5.90. The summed E-state index contributed by atoms with van der Waals surface area (Å²) in [6, 6.07) is 5.47. The van der Waals surface area contributed by atoms with Gasteiger partial charge in [-0.2, -0.15) is 0 Å². The number of alkyl halides is 1. The molecule has 100 valence electrons. The first-order valence-corrected chi connectivity index (χ1v) is 6.51. The minimum Gasteiger partial charge on any atom is -0.436 e. The van der Waals surface area contributed by atoms with Crippen LogP contribution in [-0.2, 0) is 5.88 Å². The zero-order valence-corrected chi connectivity index (χ0v) is 11.9. The lowest BCUT2D eigenvalue weighted by atomic mass is 10.1. The van der Waals surface area contributed by atoms with Gasteiger partial charge < -0.3 is 4.74 Å². The Morgan fingerprint density at radius 2 is 2.00 bits per heavy atom. The van der Waals surface area contributed by atoms with Crippen LogP contribution in [0.25, 0.3) is 0 Å². The van der Waals surface area contributed by atoms with E-state index in [4.69, 9.17) is 16.3 Å². The van der Waals surface area contributed by atoms with E-state index in [1.165, 1.54) is 6.20 Å². The molecule has 0 unspecified atom stereocenters. The van der Waals surface area contributed by atoms with Crippen LogP contribution in [0.2, 0.25) is 0 Å². The van der Waals surface area contributed by atoms with Crippen LogP contribution >= 0.6 is 11.6 Å². The first kappa shape index (κ1) is 13.8. The van der Waals surface area contributed by atoms with Crippen molar-refractivity contribution >= 4 is 11.6 Å². The van der Waals surface area contributed by atoms with Gasteiger partial charge in [0.25, 0.3) is 5.88 Å². The fraction of sp³-hybridized carbons (Fsp3) is 0.267. The van der Waals surface area contributed by atoms with Crippen LogP contribution in [-0.4, -0.2) is 4.98 Å². The van der Waals surface area contributed by atoms with Gasteiger partial charge in [0.15, 0.2) is 5.82 Å². The van der Waals surface area contributed by atoms with Gasteiger partial charge in [-0.15, -0.1) is 11.6 Å². The molecule has 2 aromatic rings. The second-order valence-corrected chi connectivity index (χ2v) is 4.80. The molecule has 2 rings (SSSR count). The van der Waals surface area contributed by atoms with Gasteiger partial charge in [0, 0.05) is 11.8 Å². The molecule has 0 aliphatic carbocycles. The van der Waals surface area contributed by atoms with E-state index in [1.807, 2.05) is 26.8 Å². The second-order valence-electron chi connectivity index (χ2n) is 4.53. The molecule has 19 heavy (non-hydrogen) atoms. The first-order chi connectivity index (χ1) is 9.02. The molecule has 0 fully saturated rings. The van der Waals surface area contributed by atoms with Crippen LogP contribution < -0.4 is 4.74 Å². The maximum Gasteiger partial charge on any atom is 0.256 e. The van der Waals surface area contributed by atoms with Gasteiger partial charge in [-0.1, -0.05) is 6.07 Å². The highest BCUT2D eigenvalue weighted by Gasteiger charge is 2.13. The molecule has 1 heterocycles. The third-order valence-electron chi connectivity index (χ3n) is 3.05. The molecule has 0 aliphatic heterocycles. The Hall–Kier alpha value is -1.61. The zero-order valence-electron chi connectivity index (χ0n) is 11.1. The predicted molar refractivity (Wildman–Crippen MR) is 74.5 cm³/mol. The van der Waals surface area contributed by atoms with E-state index in [9.17, 15) is 4.39 Å². The number of aromatic nitrogens is 1. The molecule has 0 saturated carbocycles. The Labute approximate surface area is 117 Å². The van der Waals surface area contributed by atoms with Gasteiger partial charge in [-0.25, -0.2) is 9.37 Å². The van der Waals surface area contributed by atoms with Crippen LogP contribution in [0.5, 0.6) is 11.6 Å². The lowest BCUT2D eigenvalue weighted by molar-refractivity contribution is 0.417. The van der Waals surface area contributed by atoms with E-state index in [0.29, 0.717) is 11.3 Å². The number of nitrogens with zero attached hydrogens (tertiary/aromatic N) is 1.